The Balaban J connectivity index is 1.70. The Bertz CT molecular complexity index is 756. The number of hydrogen-bond acceptors (Lipinski definition) is 2. The molecule has 0 unspecified atom stereocenters. The van der Waals surface area contributed by atoms with Gasteiger partial charge in [-0.3, -0.25) is 0 Å². The van der Waals surface area contributed by atoms with E-state index >= 15 is 0 Å². The first-order valence-corrected chi connectivity index (χ1v) is 7.08. The highest BCUT2D eigenvalue weighted by molar-refractivity contribution is 5.67. The number of hydrogen-bond donors (Lipinski definition) is 0. The molecule has 2 heteroatoms. The van der Waals surface area contributed by atoms with E-state index in [4.69, 9.17) is 4.74 Å². The zero-order valence-corrected chi connectivity index (χ0v) is 11.6. The van der Waals surface area contributed by atoms with Crippen LogP contribution in [0.3, 0.4) is 0 Å². The number of benzene rings is 2. The highest BCUT2D eigenvalue weighted by Crippen LogP contribution is 2.35. The fourth-order valence-electron chi connectivity index (χ4n) is 2.66. The Morgan fingerprint density at radius 2 is 1.71 bits per heavy atom. The van der Waals surface area contributed by atoms with Gasteiger partial charge in [0.15, 0.2) is 5.76 Å². The summed E-state index contributed by atoms with van der Waals surface area (Å²) in [5.74, 6) is 1.83. The van der Waals surface area contributed by atoms with E-state index in [1.54, 1.807) is 0 Å². The Morgan fingerprint density at radius 1 is 0.905 bits per heavy atom. The maximum atomic E-state index is 6.00. The summed E-state index contributed by atoms with van der Waals surface area (Å²) in [6.07, 6.45) is 8.34. The lowest BCUT2D eigenvalue weighted by Crippen LogP contribution is -2.23. The summed E-state index contributed by atoms with van der Waals surface area (Å²) in [6, 6.07) is 18.6. The van der Waals surface area contributed by atoms with E-state index in [-0.39, 0.29) is 0 Å². The van der Waals surface area contributed by atoms with Crippen molar-refractivity contribution in [3.05, 3.63) is 95.5 Å². The number of para-hydroxylation sites is 1. The predicted molar refractivity (Wildman–Crippen MR) is 84.3 cm³/mol. The third-order valence-corrected chi connectivity index (χ3v) is 3.70. The van der Waals surface area contributed by atoms with Crippen molar-refractivity contribution in [2.75, 3.05) is 0 Å². The largest absolute Gasteiger partial charge is 0.455 e. The Hall–Kier alpha value is -2.74. The Labute approximate surface area is 124 Å². The van der Waals surface area contributed by atoms with Crippen molar-refractivity contribution >= 4 is 6.08 Å². The van der Waals surface area contributed by atoms with Gasteiger partial charge in [0.2, 0.25) is 0 Å². The second-order valence-corrected chi connectivity index (χ2v) is 5.16. The summed E-state index contributed by atoms with van der Waals surface area (Å²) >= 11 is 0. The third-order valence-electron chi connectivity index (χ3n) is 3.70. The van der Waals surface area contributed by atoms with Gasteiger partial charge in [-0.15, -0.1) is 0 Å². The van der Waals surface area contributed by atoms with Gasteiger partial charge in [-0.1, -0.05) is 48.5 Å². The Kier molecular flexibility index (Phi) is 2.86. The van der Waals surface area contributed by atoms with Gasteiger partial charge in [0.25, 0.3) is 0 Å². The first-order valence-electron chi connectivity index (χ1n) is 7.08. The lowest BCUT2D eigenvalue weighted by molar-refractivity contribution is 0.363. The molecule has 0 radical (unpaired) electrons. The fraction of sp³-hybridized carbons (Fsp3) is 0.0526. The maximum Gasteiger partial charge on any atom is 0.151 e. The van der Waals surface area contributed by atoms with Crippen LogP contribution in [0.15, 0.2) is 84.4 Å². The average Bonchev–Trinajstić information content (AvgIpc) is 2.54. The van der Waals surface area contributed by atoms with E-state index < -0.39 is 0 Å². The molecule has 0 saturated heterocycles. The van der Waals surface area contributed by atoms with E-state index in [1.807, 2.05) is 36.4 Å². The molecular weight excluding hydrogens is 258 g/mol. The minimum Gasteiger partial charge on any atom is -0.455 e. The van der Waals surface area contributed by atoms with Gasteiger partial charge < -0.3 is 9.64 Å². The van der Waals surface area contributed by atoms with Crippen molar-refractivity contribution in [1.29, 1.82) is 0 Å². The van der Waals surface area contributed by atoms with Crippen LogP contribution >= 0.6 is 0 Å². The molecule has 2 heterocycles. The standard InChI is InChI=1S/C19H15NO/c1-2-7-15(8-3-1)14-20-12-6-11-19-17(20)13-16-9-4-5-10-18(16)21-19/h1-13H,14H2. The van der Waals surface area contributed by atoms with Crippen molar-refractivity contribution < 1.29 is 4.74 Å². The number of nitrogens with zero attached hydrogens (tertiary/aromatic N) is 1. The molecular formula is C19H15NO. The molecule has 0 spiro atoms. The van der Waals surface area contributed by atoms with Crippen molar-refractivity contribution in [3.63, 3.8) is 0 Å². The second kappa shape index (κ2) is 4.98. The van der Waals surface area contributed by atoms with Crippen LogP contribution in [0.1, 0.15) is 11.1 Å². The molecule has 4 rings (SSSR count). The molecule has 0 aromatic heterocycles. The maximum absolute atomic E-state index is 6.00. The summed E-state index contributed by atoms with van der Waals surface area (Å²) < 4.78 is 6.00. The first-order chi connectivity index (χ1) is 10.4. The number of ether oxygens (including phenoxy) is 1. The highest BCUT2D eigenvalue weighted by atomic mass is 16.5. The van der Waals surface area contributed by atoms with E-state index in [0.717, 1.165) is 29.3 Å². The highest BCUT2D eigenvalue weighted by Gasteiger charge is 2.22. The van der Waals surface area contributed by atoms with Crippen LogP contribution in [0.5, 0.6) is 5.75 Å². The fourth-order valence-corrected chi connectivity index (χ4v) is 2.66. The zero-order chi connectivity index (χ0) is 14.1. The zero-order valence-electron chi connectivity index (χ0n) is 11.6. The van der Waals surface area contributed by atoms with Crippen LogP contribution in [-0.2, 0) is 6.54 Å². The molecule has 2 aliphatic heterocycles. The van der Waals surface area contributed by atoms with Crippen LogP contribution in [0, 0.1) is 0 Å². The van der Waals surface area contributed by atoms with Gasteiger partial charge >= 0.3 is 0 Å². The van der Waals surface area contributed by atoms with Gasteiger partial charge in [0.05, 0.1) is 5.70 Å². The smallest absolute Gasteiger partial charge is 0.151 e. The summed E-state index contributed by atoms with van der Waals surface area (Å²) in [7, 11) is 0. The molecule has 0 aliphatic carbocycles. The average molecular weight is 273 g/mol. The van der Waals surface area contributed by atoms with Crippen LogP contribution < -0.4 is 4.74 Å². The summed E-state index contributed by atoms with van der Waals surface area (Å²) in [5.41, 5.74) is 3.52. The quantitative estimate of drug-likeness (QED) is 0.807. The SMILES string of the molecule is C1=CN(Cc2ccccc2)C2=Cc3ccccc3OC2=C1. The predicted octanol–water partition coefficient (Wildman–Crippen LogP) is 4.33. The molecule has 0 N–H and O–H groups in total. The molecule has 2 aromatic carbocycles. The number of fused-ring (bicyclic) bond motifs is 2. The van der Waals surface area contributed by atoms with Crippen LogP contribution in [0.25, 0.3) is 6.08 Å². The van der Waals surface area contributed by atoms with E-state index in [2.05, 4.69) is 47.5 Å². The number of rotatable bonds is 2. The van der Waals surface area contributed by atoms with Crippen LogP contribution in [-0.4, -0.2) is 4.90 Å². The van der Waals surface area contributed by atoms with Gasteiger partial charge in [-0.2, -0.15) is 0 Å². The molecule has 21 heavy (non-hydrogen) atoms. The first kappa shape index (κ1) is 12.0. The lowest BCUT2D eigenvalue weighted by atomic mass is 10.1. The summed E-state index contributed by atoms with van der Waals surface area (Å²) in [5, 5.41) is 0. The monoisotopic (exact) mass is 273 g/mol. The molecule has 2 aromatic rings. The van der Waals surface area contributed by atoms with Gasteiger partial charge in [0.1, 0.15) is 5.75 Å². The normalized spacial score (nSPS) is 15.5. The molecule has 0 amide bonds. The van der Waals surface area contributed by atoms with Gasteiger partial charge in [0, 0.05) is 18.3 Å². The second-order valence-electron chi connectivity index (χ2n) is 5.16. The summed E-state index contributed by atoms with van der Waals surface area (Å²) in [4.78, 5) is 2.22. The third kappa shape index (κ3) is 2.25. The molecule has 0 saturated carbocycles. The van der Waals surface area contributed by atoms with Gasteiger partial charge in [-0.05, 0) is 29.9 Å². The van der Waals surface area contributed by atoms with Crippen molar-refractivity contribution in [2.45, 2.75) is 6.54 Å². The van der Waals surface area contributed by atoms with E-state index in [9.17, 15) is 0 Å². The number of allylic oxidation sites excluding steroid dienone is 2. The van der Waals surface area contributed by atoms with Crippen molar-refractivity contribution in [2.24, 2.45) is 0 Å². The molecule has 102 valence electrons. The van der Waals surface area contributed by atoms with E-state index in [0.29, 0.717) is 0 Å². The van der Waals surface area contributed by atoms with Crippen molar-refractivity contribution in [1.82, 2.24) is 4.90 Å². The van der Waals surface area contributed by atoms with Crippen LogP contribution in [0.2, 0.25) is 0 Å². The molecule has 0 atom stereocenters. The molecule has 2 aliphatic rings. The lowest BCUT2D eigenvalue weighted by Gasteiger charge is -2.31. The Morgan fingerprint density at radius 3 is 2.62 bits per heavy atom. The van der Waals surface area contributed by atoms with Crippen molar-refractivity contribution in [3.8, 4) is 5.75 Å². The topological polar surface area (TPSA) is 12.5 Å². The van der Waals surface area contributed by atoms with Gasteiger partial charge in [-0.25, -0.2) is 0 Å². The van der Waals surface area contributed by atoms with Crippen LogP contribution in [0.4, 0.5) is 0 Å². The summed E-state index contributed by atoms with van der Waals surface area (Å²) in [6.45, 7) is 0.839. The minimum atomic E-state index is 0.839. The molecule has 2 nitrogen and oxygen atoms in total. The molecule has 0 fully saturated rings. The van der Waals surface area contributed by atoms with E-state index in [1.165, 1.54) is 5.56 Å². The minimum absolute atomic E-state index is 0.839. The molecule has 0 bridgehead atoms.